The van der Waals surface area contributed by atoms with E-state index in [1.807, 2.05) is 24.0 Å². The lowest BCUT2D eigenvalue weighted by Crippen LogP contribution is -2.58. The number of alkyl halides is 3. The maximum absolute atomic E-state index is 13.3. The van der Waals surface area contributed by atoms with E-state index in [1.54, 1.807) is 12.1 Å². The number of aliphatic imine (C=N–C) groups is 1. The highest BCUT2D eigenvalue weighted by Crippen LogP contribution is 2.42. The molecule has 2 fully saturated rings. The van der Waals surface area contributed by atoms with Gasteiger partial charge in [-0.2, -0.15) is 13.2 Å². The second-order valence-corrected chi connectivity index (χ2v) is 9.49. The third kappa shape index (κ3) is 4.94. The fourth-order valence-electron chi connectivity index (χ4n) is 5.09. The number of benzene rings is 2. The molecule has 186 valence electrons. The van der Waals surface area contributed by atoms with Gasteiger partial charge in [0.1, 0.15) is 17.3 Å². The van der Waals surface area contributed by atoms with Gasteiger partial charge in [-0.1, -0.05) is 31.4 Å². The number of carbonyl (C=O) groups excluding carboxylic acids is 1. The van der Waals surface area contributed by atoms with Crippen LogP contribution in [-0.2, 0) is 6.18 Å². The zero-order valence-corrected chi connectivity index (χ0v) is 19.6. The van der Waals surface area contributed by atoms with Crippen LogP contribution in [0.25, 0.3) is 0 Å². The monoisotopic (exact) mass is 486 g/mol. The zero-order chi connectivity index (χ0) is 24.6. The van der Waals surface area contributed by atoms with Gasteiger partial charge in [0.25, 0.3) is 0 Å². The summed E-state index contributed by atoms with van der Waals surface area (Å²) in [6.45, 7) is 3.66. The van der Waals surface area contributed by atoms with E-state index in [0.29, 0.717) is 42.5 Å². The van der Waals surface area contributed by atoms with Crippen LogP contribution in [0.15, 0.2) is 47.5 Å². The summed E-state index contributed by atoms with van der Waals surface area (Å²) >= 11 is 0. The smallest absolute Gasteiger partial charge is 0.416 e. The van der Waals surface area contributed by atoms with Crippen molar-refractivity contribution < 1.29 is 22.7 Å². The second-order valence-electron chi connectivity index (χ2n) is 9.49. The van der Waals surface area contributed by atoms with Gasteiger partial charge in [0, 0.05) is 31.7 Å². The Hall–Kier alpha value is -3.23. The first kappa shape index (κ1) is 23.5. The number of halogens is 3. The standard InChI is InChI=1S/C26H29F3N4O2/c1-17-16-32(13-14-33(17)25(34)30-19-7-3-2-4-8-19)24-20-9-5-6-10-22(20)35-23-15-18(26(27,28)29)11-12-21(23)31-24/h5-6,9-12,15,17,19H,2-4,7-8,13-14,16H2,1H3,(H,30,34). The maximum Gasteiger partial charge on any atom is 0.416 e. The summed E-state index contributed by atoms with van der Waals surface area (Å²) < 4.78 is 45.8. The van der Waals surface area contributed by atoms with Crippen molar-refractivity contribution in [3.8, 4) is 11.5 Å². The van der Waals surface area contributed by atoms with Crippen molar-refractivity contribution >= 4 is 17.6 Å². The predicted molar refractivity (Wildman–Crippen MR) is 127 cm³/mol. The third-order valence-electron chi connectivity index (χ3n) is 6.98. The van der Waals surface area contributed by atoms with Gasteiger partial charge in [0.05, 0.1) is 11.1 Å². The van der Waals surface area contributed by atoms with Crippen molar-refractivity contribution in [1.29, 1.82) is 0 Å². The number of fused-ring (bicyclic) bond motifs is 2. The molecule has 9 heteroatoms. The van der Waals surface area contributed by atoms with Crippen LogP contribution in [0.5, 0.6) is 11.5 Å². The van der Waals surface area contributed by atoms with E-state index in [1.165, 1.54) is 12.5 Å². The average Bonchev–Trinajstić information content (AvgIpc) is 3.00. The number of carbonyl (C=O) groups is 1. The highest BCUT2D eigenvalue weighted by atomic mass is 19.4. The number of urea groups is 1. The number of hydrogen-bond donors (Lipinski definition) is 1. The number of para-hydroxylation sites is 1. The summed E-state index contributed by atoms with van der Waals surface area (Å²) in [6.07, 6.45) is 1.13. The molecule has 2 amide bonds. The van der Waals surface area contributed by atoms with Crippen molar-refractivity contribution in [2.45, 2.75) is 57.3 Å². The van der Waals surface area contributed by atoms with Gasteiger partial charge >= 0.3 is 12.2 Å². The number of amidine groups is 1. The summed E-state index contributed by atoms with van der Waals surface area (Å²) in [7, 11) is 0. The lowest BCUT2D eigenvalue weighted by atomic mass is 9.96. The molecule has 2 aromatic carbocycles. The number of amides is 2. The highest BCUT2D eigenvalue weighted by Gasteiger charge is 2.34. The van der Waals surface area contributed by atoms with Crippen LogP contribution in [0.3, 0.4) is 0 Å². The molecule has 0 bridgehead atoms. The Labute approximate surface area is 202 Å². The normalized spacial score (nSPS) is 20.8. The molecule has 1 unspecified atom stereocenters. The molecule has 0 radical (unpaired) electrons. The van der Waals surface area contributed by atoms with Crippen LogP contribution in [0, 0.1) is 0 Å². The van der Waals surface area contributed by atoms with E-state index in [-0.39, 0.29) is 23.9 Å². The molecule has 6 nitrogen and oxygen atoms in total. The zero-order valence-electron chi connectivity index (χ0n) is 19.6. The van der Waals surface area contributed by atoms with Gasteiger partial charge in [-0.25, -0.2) is 9.79 Å². The topological polar surface area (TPSA) is 57.2 Å². The van der Waals surface area contributed by atoms with Crippen LogP contribution in [-0.4, -0.2) is 53.4 Å². The van der Waals surface area contributed by atoms with Crippen molar-refractivity contribution in [2.75, 3.05) is 19.6 Å². The molecule has 1 aliphatic carbocycles. The number of rotatable bonds is 1. The predicted octanol–water partition coefficient (Wildman–Crippen LogP) is 5.94. The summed E-state index contributed by atoms with van der Waals surface area (Å²) in [5.74, 6) is 1.16. The van der Waals surface area contributed by atoms with E-state index in [0.717, 1.165) is 37.8 Å². The molecule has 5 rings (SSSR count). The van der Waals surface area contributed by atoms with E-state index in [9.17, 15) is 18.0 Å². The van der Waals surface area contributed by atoms with Crippen molar-refractivity contribution in [3.63, 3.8) is 0 Å². The number of nitrogens with zero attached hydrogens (tertiary/aromatic N) is 3. The molecule has 2 aromatic rings. The van der Waals surface area contributed by atoms with Crippen molar-refractivity contribution in [2.24, 2.45) is 4.99 Å². The minimum atomic E-state index is -4.47. The Kier molecular flexibility index (Phi) is 6.34. The SMILES string of the molecule is CC1CN(C2=Nc3ccc(C(F)(F)F)cc3Oc3ccccc32)CCN1C(=O)NC1CCCCC1. The number of ether oxygens (including phenoxy) is 1. The molecule has 3 aliphatic rings. The minimum Gasteiger partial charge on any atom is -0.454 e. The Morgan fingerprint density at radius 1 is 1.06 bits per heavy atom. The Morgan fingerprint density at radius 3 is 2.57 bits per heavy atom. The molecule has 2 heterocycles. The molecule has 2 aliphatic heterocycles. The minimum absolute atomic E-state index is 0.0272. The maximum atomic E-state index is 13.3. The second kappa shape index (κ2) is 9.43. The summed E-state index contributed by atoms with van der Waals surface area (Å²) in [5.41, 5.74) is 0.275. The first-order valence-electron chi connectivity index (χ1n) is 12.2. The molecule has 35 heavy (non-hydrogen) atoms. The fourth-order valence-corrected chi connectivity index (χ4v) is 5.09. The molecule has 1 saturated heterocycles. The largest absolute Gasteiger partial charge is 0.454 e. The van der Waals surface area contributed by atoms with Crippen LogP contribution < -0.4 is 10.1 Å². The quantitative estimate of drug-likeness (QED) is 0.543. The van der Waals surface area contributed by atoms with Crippen LogP contribution in [0.2, 0.25) is 0 Å². The van der Waals surface area contributed by atoms with Gasteiger partial charge in [-0.3, -0.25) is 0 Å². The molecular formula is C26H29F3N4O2. The molecular weight excluding hydrogens is 457 g/mol. The lowest BCUT2D eigenvalue weighted by Gasteiger charge is -2.41. The van der Waals surface area contributed by atoms with Crippen LogP contribution in [0.1, 0.15) is 50.2 Å². The number of nitrogens with one attached hydrogen (secondary N) is 1. The van der Waals surface area contributed by atoms with E-state index in [4.69, 9.17) is 9.73 Å². The van der Waals surface area contributed by atoms with E-state index >= 15 is 0 Å². The molecule has 0 aromatic heterocycles. The van der Waals surface area contributed by atoms with Crippen LogP contribution in [0.4, 0.5) is 23.7 Å². The molecule has 0 spiro atoms. The number of hydrogen-bond acceptors (Lipinski definition) is 4. The average molecular weight is 487 g/mol. The van der Waals surface area contributed by atoms with Gasteiger partial charge in [0.2, 0.25) is 0 Å². The Bertz CT molecular complexity index is 1130. The van der Waals surface area contributed by atoms with E-state index < -0.39 is 11.7 Å². The first-order chi connectivity index (χ1) is 16.8. The summed E-state index contributed by atoms with van der Waals surface area (Å²) in [4.78, 5) is 21.7. The number of piperazine rings is 1. The fraction of sp³-hybridized carbons (Fsp3) is 0.462. The van der Waals surface area contributed by atoms with Gasteiger partial charge in [-0.05, 0) is 50.1 Å². The van der Waals surface area contributed by atoms with E-state index in [2.05, 4.69) is 10.2 Å². The Morgan fingerprint density at radius 2 is 1.83 bits per heavy atom. The third-order valence-corrected chi connectivity index (χ3v) is 6.98. The molecule has 1 N–H and O–H groups in total. The highest BCUT2D eigenvalue weighted by molar-refractivity contribution is 6.04. The summed E-state index contributed by atoms with van der Waals surface area (Å²) in [6, 6.07) is 10.8. The van der Waals surface area contributed by atoms with Crippen molar-refractivity contribution in [1.82, 2.24) is 15.1 Å². The lowest BCUT2D eigenvalue weighted by molar-refractivity contribution is -0.137. The molecule has 1 saturated carbocycles. The van der Waals surface area contributed by atoms with Gasteiger partial charge in [0.15, 0.2) is 5.75 Å². The molecule has 1 atom stereocenters. The summed E-state index contributed by atoms with van der Waals surface area (Å²) in [5, 5.41) is 3.20. The van der Waals surface area contributed by atoms with Gasteiger partial charge < -0.3 is 19.9 Å². The van der Waals surface area contributed by atoms with Crippen LogP contribution >= 0.6 is 0 Å². The Balaban J connectivity index is 1.39. The first-order valence-corrected chi connectivity index (χ1v) is 12.2. The van der Waals surface area contributed by atoms with Gasteiger partial charge in [-0.15, -0.1) is 0 Å². The van der Waals surface area contributed by atoms with Crippen molar-refractivity contribution in [3.05, 3.63) is 53.6 Å².